The number of halogens is 1. The second kappa shape index (κ2) is 5.31. The minimum absolute atomic E-state index is 0.156. The highest BCUT2D eigenvalue weighted by Crippen LogP contribution is 2.41. The average Bonchev–Trinajstić information content (AvgIpc) is 2.87. The number of hydrogen-bond acceptors (Lipinski definition) is 5. The Morgan fingerprint density at radius 2 is 2.11 bits per heavy atom. The van der Waals surface area contributed by atoms with E-state index < -0.39 is 5.97 Å². The van der Waals surface area contributed by atoms with Gasteiger partial charge in [-0.1, -0.05) is 5.16 Å². The zero-order valence-corrected chi connectivity index (χ0v) is 11.7. The van der Waals surface area contributed by atoms with Gasteiger partial charge in [0.05, 0.1) is 18.7 Å². The maximum Gasteiger partial charge on any atom is 0.358 e. The maximum atomic E-state index is 10.8. The van der Waals surface area contributed by atoms with Crippen LogP contribution in [0.2, 0.25) is 0 Å². The van der Waals surface area contributed by atoms with Crippen LogP contribution in [0, 0.1) is 0 Å². The van der Waals surface area contributed by atoms with Crippen LogP contribution in [0.4, 0.5) is 0 Å². The van der Waals surface area contributed by atoms with E-state index in [1.54, 1.807) is 12.1 Å². The Morgan fingerprint density at radius 3 is 2.63 bits per heavy atom. The van der Waals surface area contributed by atoms with Crippen molar-refractivity contribution in [3.05, 3.63) is 28.4 Å². The van der Waals surface area contributed by atoms with Gasteiger partial charge in [0.25, 0.3) is 0 Å². The molecule has 1 aromatic heterocycles. The third kappa shape index (κ3) is 2.41. The van der Waals surface area contributed by atoms with Crippen molar-refractivity contribution in [2.24, 2.45) is 0 Å². The Morgan fingerprint density at radius 1 is 1.37 bits per heavy atom. The lowest BCUT2D eigenvalue weighted by atomic mass is 10.1. The van der Waals surface area contributed by atoms with Crippen molar-refractivity contribution in [3.63, 3.8) is 0 Å². The topological polar surface area (TPSA) is 81.8 Å². The second-order valence-electron chi connectivity index (χ2n) is 3.54. The molecule has 0 fully saturated rings. The summed E-state index contributed by atoms with van der Waals surface area (Å²) in [6.45, 7) is 0. The number of nitrogens with zero attached hydrogens (tertiary/aromatic N) is 1. The summed E-state index contributed by atoms with van der Waals surface area (Å²) in [4.78, 5) is 10.8. The Hall–Kier alpha value is -2.02. The Labute approximate surface area is 117 Å². The predicted octanol–water partition coefficient (Wildman–Crippen LogP) is 2.82. The van der Waals surface area contributed by atoms with E-state index >= 15 is 0 Å². The first kappa shape index (κ1) is 13.4. The molecule has 0 spiro atoms. The number of benzene rings is 1. The molecule has 100 valence electrons. The maximum absolute atomic E-state index is 10.8. The molecule has 0 radical (unpaired) electrons. The van der Waals surface area contributed by atoms with Gasteiger partial charge in [-0.15, -0.1) is 0 Å². The highest BCUT2D eigenvalue weighted by atomic mass is 79.9. The number of methoxy groups -OCH3 is 2. The molecule has 2 rings (SSSR count). The first-order valence-electron chi connectivity index (χ1n) is 5.19. The van der Waals surface area contributed by atoms with Crippen LogP contribution in [0.5, 0.6) is 11.5 Å². The van der Waals surface area contributed by atoms with Gasteiger partial charge in [-0.2, -0.15) is 0 Å². The molecule has 1 N–H and O–H groups in total. The monoisotopic (exact) mass is 327 g/mol. The van der Waals surface area contributed by atoms with Crippen molar-refractivity contribution in [2.45, 2.75) is 0 Å². The van der Waals surface area contributed by atoms with E-state index in [1.165, 1.54) is 20.3 Å². The van der Waals surface area contributed by atoms with E-state index in [9.17, 15) is 4.79 Å². The molecular weight excluding hydrogens is 318 g/mol. The molecule has 0 saturated carbocycles. The molecule has 2 aromatic rings. The Balaban J connectivity index is 2.53. The molecule has 1 heterocycles. The van der Waals surface area contributed by atoms with Gasteiger partial charge in [0.1, 0.15) is 0 Å². The molecule has 7 heteroatoms. The Kier molecular flexibility index (Phi) is 3.75. The SMILES string of the molecule is COc1ccc(-c2cc(C(=O)O)no2)c(Br)c1OC. The predicted molar refractivity (Wildman–Crippen MR) is 69.7 cm³/mol. The van der Waals surface area contributed by atoms with E-state index in [4.69, 9.17) is 19.1 Å². The van der Waals surface area contributed by atoms with Crippen LogP contribution < -0.4 is 9.47 Å². The lowest BCUT2D eigenvalue weighted by molar-refractivity contribution is 0.0686. The van der Waals surface area contributed by atoms with Crippen LogP contribution in [0.3, 0.4) is 0 Å². The molecule has 6 nitrogen and oxygen atoms in total. The van der Waals surface area contributed by atoms with Crippen LogP contribution in [0.25, 0.3) is 11.3 Å². The van der Waals surface area contributed by atoms with Crippen LogP contribution in [0.15, 0.2) is 27.2 Å². The van der Waals surface area contributed by atoms with E-state index in [0.717, 1.165) is 0 Å². The highest BCUT2D eigenvalue weighted by Gasteiger charge is 2.18. The fourth-order valence-electron chi connectivity index (χ4n) is 1.58. The fraction of sp³-hybridized carbons (Fsp3) is 0.167. The van der Waals surface area contributed by atoms with Crippen molar-refractivity contribution >= 4 is 21.9 Å². The highest BCUT2D eigenvalue weighted by molar-refractivity contribution is 9.10. The zero-order chi connectivity index (χ0) is 14.0. The van der Waals surface area contributed by atoms with Crippen molar-refractivity contribution < 1.29 is 23.9 Å². The van der Waals surface area contributed by atoms with E-state index in [2.05, 4.69) is 21.1 Å². The summed E-state index contributed by atoms with van der Waals surface area (Å²) in [5.41, 5.74) is 0.467. The van der Waals surface area contributed by atoms with Crippen LogP contribution >= 0.6 is 15.9 Å². The van der Waals surface area contributed by atoms with Gasteiger partial charge in [-0.25, -0.2) is 4.79 Å². The van der Waals surface area contributed by atoms with Gasteiger partial charge in [-0.3, -0.25) is 0 Å². The summed E-state index contributed by atoms with van der Waals surface area (Å²) in [5.74, 6) is 0.223. The molecular formula is C12H10BrNO5. The van der Waals surface area contributed by atoms with Gasteiger partial charge in [0.15, 0.2) is 23.0 Å². The molecule has 0 bridgehead atoms. The van der Waals surface area contributed by atoms with E-state index in [0.29, 0.717) is 27.3 Å². The number of carboxylic acids is 1. The quantitative estimate of drug-likeness (QED) is 0.929. The van der Waals surface area contributed by atoms with Crippen LogP contribution in [-0.4, -0.2) is 30.5 Å². The summed E-state index contributed by atoms with van der Waals surface area (Å²) in [7, 11) is 3.04. The average molecular weight is 328 g/mol. The second-order valence-corrected chi connectivity index (χ2v) is 4.34. The lowest BCUT2D eigenvalue weighted by Crippen LogP contribution is -1.94. The van der Waals surface area contributed by atoms with Gasteiger partial charge < -0.3 is 19.1 Å². The number of aromatic carboxylic acids is 1. The van der Waals surface area contributed by atoms with Crippen LogP contribution in [0.1, 0.15) is 10.5 Å². The minimum atomic E-state index is -1.15. The summed E-state index contributed by atoms with van der Waals surface area (Å²) >= 11 is 3.38. The van der Waals surface area contributed by atoms with E-state index in [-0.39, 0.29) is 5.69 Å². The molecule has 0 aliphatic rings. The van der Waals surface area contributed by atoms with Gasteiger partial charge >= 0.3 is 5.97 Å². The minimum Gasteiger partial charge on any atom is -0.493 e. The lowest BCUT2D eigenvalue weighted by Gasteiger charge is -2.11. The number of hydrogen-bond donors (Lipinski definition) is 1. The third-order valence-corrected chi connectivity index (χ3v) is 3.27. The number of ether oxygens (including phenoxy) is 2. The normalized spacial score (nSPS) is 10.3. The Bertz CT molecular complexity index is 623. The van der Waals surface area contributed by atoms with E-state index in [1.807, 2.05) is 0 Å². The number of aromatic nitrogens is 1. The summed E-state index contributed by atoms with van der Waals surface area (Å²) < 4.78 is 16.0. The molecule has 1 aromatic carbocycles. The first-order chi connectivity index (χ1) is 9.08. The zero-order valence-electron chi connectivity index (χ0n) is 10.1. The molecule has 0 atom stereocenters. The number of carbonyl (C=O) groups is 1. The summed E-state index contributed by atoms with van der Waals surface area (Å²) in [5, 5.41) is 12.3. The molecule has 0 aliphatic carbocycles. The van der Waals surface area contributed by atoms with Crippen molar-refractivity contribution in [1.29, 1.82) is 0 Å². The van der Waals surface area contributed by atoms with Gasteiger partial charge in [0.2, 0.25) is 0 Å². The van der Waals surface area contributed by atoms with Crippen molar-refractivity contribution in [1.82, 2.24) is 5.16 Å². The first-order valence-corrected chi connectivity index (χ1v) is 5.98. The van der Waals surface area contributed by atoms with Crippen molar-refractivity contribution in [3.8, 4) is 22.8 Å². The largest absolute Gasteiger partial charge is 0.493 e. The standard InChI is InChI=1S/C12H10BrNO5/c1-17-8-4-3-6(10(13)11(8)18-2)9-5-7(12(15)16)14-19-9/h3-5H,1-2H3,(H,15,16). The third-order valence-electron chi connectivity index (χ3n) is 2.48. The van der Waals surface area contributed by atoms with Gasteiger partial charge in [-0.05, 0) is 28.1 Å². The van der Waals surface area contributed by atoms with Crippen molar-refractivity contribution in [2.75, 3.05) is 14.2 Å². The smallest absolute Gasteiger partial charge is 0.358 e. The number of rotatable bonds is 4. The summed E-state index contributed by atoms with van der Waals surface area (Å²) in [6.07, 6.45) is 0. The summed E-state index contributed by atoms with van der Waals surface area (Å²) in [6, 6.07) is 4.76. The van der Waals surface area contributed by atoms with Crippen LogP contribution in [-0.2, 0) is 0 Å². The number of carboxylic acid groups (broad SMARTS) is 1. The molecule has 0 amide bonds. The molecule has 0 saturated heterocycles. The molecule has 0 aliphatic heterocycles. The molecule has 19 heavy (non-hydrogen) atoms. The molecule has 0 unspecified atom stereocenters. The fourth-order valence-corrected chi connectivity index (χ4v) is 2.27. The van der Waals surface area contributed by atoms with Gasteiger partial charge in [0, 0.05) is 11.6 Å².